The summed E-state index contributed by atoms with van der Waals surface area (Å²) in [5.41, 5.74) is 0. The Balaban J connectivity index is 1.98. The Bertz CT molecular complexity index is 165. The monoisotopic (exact) mass is 198 g/mol. The third-order valence-corrected chi connectivity index (χ3v) is 2.68. The van der Waals surface area contributed by atoms with Gasteiger partial charge in [-0.15, -0.1) is 0 Å². The third kappa shape index (κ3) is 4.61. The van der Waals surface area contributed by atoms with Crippen LogP contribution in [0.1, 0.15) is 45.4 Å². The number of hydrogen-bond donors (Lipinski definition) is 2. The molecule has 3 nitrogen and oxygen atoms in total. The van der Waals surface area contributed by atoms with Gasteiger partial charge in [0.2, 0.25) is 5.91 Å². The molecule has 14 heavy (non-hydrogen) atoms. The van der Waals surface area contributed by atoms with E-state index < -0.39 is 0 Å². The molecule has 0 aromatic heterocycles. The Kier molecular flexibility index (Phi) is 5.60. The molecule has 0 radical (unpaired) electrons. The summed E-state index contributed by atoms with van der Waals surface area (Å²) < 4.78 is 0. The Hall–Kier alpha value is -0.570. The van der Waals surface area contributed by atoms with Gasteiger partial charge in [0.1, 0.15) is 0 Å². The lowest BCUT2D eigenvalue weighted by Crippen LogP contribution is -2.34. The summed E-state index contributed by atoms with van der Waals surface area (Å²) in [5, 5.41) is 6.31. The Morgan fingerprint density at radius 2 is 2.00 bits per heavy atom. The zero-order valence-electron chi connectivity index (χ0n) is 9.14. The van der Waals surface area contributed by atoms with Gasteiger partial charge >= 0.3 is 0 Å². The highest BCUT2D eigenvalue weighted by atomic mass is 16.1. The first-order valence-corrected chi connectivity index (χ1v) is 5.83. The van der Waals surface area contributed by atoms with Crippen molar-refractivity contribution in [2.75, 3.05) is 13.1 Å². The summed E-state index contributed by atoms with van der Waals surface area (Å²) in [5.74, 6) is 0.209. The van der Waals surface area contributed by atoms with Crippen LogP contribution in [-0.2, 0) is 4.79 Å². The Morgan fingerprint density at radius 3 is 2.64 bits per heavy atom. The first-order chi connectivity index (χ1) is 6.83. The molecule has 3 heteroatoms. The Labute approximate surface area is 86.6 Å². The average Bonchev–Trinajstić information content (AvgIpc) is 2.65. The maximum absolute atomic E-state index is 11.4. The van der Waals surface area contributed by atoms with Crippen molar-refractivity contribution in [3.63, 3.8) is 0 Å². The summed E-state index contributed by atoms with van der Waals surface area (Å²) in [7, 11) is 0. The predicted octanol–water partition coefficient (Wildman–Crippen LogP) is 1.43. The second-order valence-electron chi connectivity index (χ2n) is 4.05. The number of carbonyl (C=O) groups excluding carboxylic acids is 1. The molecule has 1 aliphatic carbocycles. The summed E-state index contributed by atoms with van der Waals surface area (Å²) in [6.45, 7) is 3.95. The number of amides is 1. The van der Waals surface area contributed by atoms with Crippen molar-refractivity contribution in [1.29, 1.82) is 0 Å². The average molecular weight is 198 g/mol. The molecule has 0 aromatic carbocycles. The van der Waals surface area contributed by atoms with Crippen LogP contribution in [0.3, 0.4) is 0 Å². The lowest BCUT2D eigenvalue weighted by atomic mass is 10.2. The van der Waals surface area contributed by atoms with Crippen LogP contribution in [0.4, 0.5) is 0 Å². The van der Waals surface area contributed by atoms with Gasteiger partial charge in [-0.05, 0) is 25.8 Å². The molecule has 1 saturated carbocycles. The minimum atomic E-state index is 0.209. The zero-order valence-corrected chi connectivity index (χ0v) is 9.14. The second-order valence-corrected chi connectivity index (χ2v) is 4.05. The molecule has 1 rings (SSSR count). The molecular weight excluding hydrogens is 176 g/mol. The largest absolute Gasteiger partial charge is 0.353 e. The van der Waals surface area contributed by atoms with Crippen molar-refractivity contribution in [1.82, 2.24) is 10.6 Å². The molecule has 0 saturated heterocycles. The fourth-order valence-corrected chi connectivity index (χ4v) is 1.87. The number of nitrogens with one attached hydrogen (secondary N) is 2. The van der Waals surface area contributed by atoms with Gasteiger partial charge in [0.25, 0.3) is 0 Å². The van der Waals surface area contributed by atoms with E-state index in [2.05, 4.69) is 17.6 Å². The van der Waals surface area contributed by atoms with Gasteiger partial charge in [0.05, 0.1) is 0 Å². The van der Waals surface area contributed by atoms with E-state index in [1.807, 2.05) is 0 Å². The topological polar surface area (TPSA) is 41.1 Å². The van der Waals surface area contributed by atoms with Gasteiger partial charge in [-0.25, -0.2) is 0 Å². The maximum atomic E-state index is 11.4. The third-order valence-electron chi connectivity index (χ3n) is 2.68. The van der Waals surface area contributed by atoms with Crippen molar-refractivity contribution < 1.29 is 4.79 Å². The van der Waals surface area contributed by atoms with E-state index in [1.165, 1.54) is 25.7 Å². The van der Waals surface area contributed by atoms with Gasteiger partial charge in [-0.1, -0.05) is 19.8 Å². The SMILES string of the molecule is CCCNCCC(=O)NC1CCCC1. The van der Waals surface area contributed by atoms with Crippen molar-refractivity contribution in [2.45, 2.75) is 51.5 Å². The van der Waals surface area contributed by atoms with E-state index in [9.17, 15) is 4.79 Å². The molecule has 0 aliphatic heterocycles. The predicted molar refractivity (Wildman–Crippen MR) is 58.2 cm³/mol. The molecular formula is C11H22N2O. The van der Waals surface area contributed by atoms with E-state index in [0.717, 1.165) is 19.5 Å². The van der Waals surface area contributed by atoms with Crippen molar-refractivity contribution in [3.05, 3.63) is 0 Å². The van der Waals surface area contributed by atoms with E-state index in [1.54, 1.807) is 0 Å². The van der Waals surface area contributed by atoms with Crippen LogP contribution >= 0.6 is 0 Å². The molecule has 1 fully saturated rings. The first-order valence-electron chi connectivity index (χ1n) is 5.83. The van der Waals surface area contributed by atoms with Crippen molar-refractivity contribution in [2.24, 2.45) is 0 Å². The lowest BCUT2D eigenvalue weighted by molar-refractivity contribution is -0.121. The smallest absolute Gasteiger partial charge is 0.221 e. The number of carbonyl (C=O) groups is 1. The van der Waals surface area contributed by atoms with Gasteiger partial charge in [0.15, 0.2) is 0 Å². The van der Waals surface area contributed by atoms with E-state index in [-0.39, 0.29) is 5.91 Å². The van der Waals surface area contributed by atoms with Gasteiger partial charge in [-0.3, -0.25) is 4.79 Å². The van der Waals surface area contributed by atoms with E-state index >= 15 is 0 Å². The molecule has 2 N–H and O–H groups in total. The van der Waals surface area contributed by atoms with Crippen LogP contribution in [0.5, 0.6) is 0 Å². The van der Waals surface area contributed by atoms with Crippen molar-refractivity contribution >= 4 is 5.91 Å². The summed E-state index contributed by atoms with van der Waals surface area (Å²) in [6.07, 6.45) is 6.65. The van der Waals surface area contributed by atoms with Gasteiger partial charge < -0.3 is 10.6 Å². The maximum Gasteiger partial charge on any atom is 0.221 e. The van der Waals surface area contributed by atoms with Crippen LogP contribution in [0.2, 0.25) is 0 Å². The Morgan fingerprint density at radius 1 is 1.29 bits per heavy atom. The molecule has 0 aromatic rings. The molecule has 1 aliphatic rings. The summed E-state index contributed by atoms with van der Waals surface area (Å²) in [6, 6.07) is 0.466. The highest BCUT2D eigenvalue weighted by molar-refractivity contribution is 5.76. The zero-order chi connectivity index (χ0) is 10.2. The fourth-order valence-electron chi connectivity index (χ4n) is 1.87. The van der Waals surface area contributed by atoms with Crippen LogP contribution in [0.25, 0.3) is 0 Å². The highest BCUT2D eigenvalue weighted by Gasteiger charge is 2.16. The fraction of sp³-hybridized carbons (Fsp3) is 0.909. The molecule has 0 heterocycles. The molecule has 1 amide bonds. The minimum absolute atomic E-state index is 0.209. The second kappa shape index (κ2) is 6.82. The molecule has 0 atom stereocenters. The van der Waals surface area contributed by atoms with E-state index in [0.29, 0.717) is 12.5 Å². The first kappa shape index (κ1) is 11.5. The quantitative estimate of drug-likeness (QED) is 0.634. The minimum Gasteiger partial charge on any atom is -0.353 e. The number of rotatable bonds is 6. The normalized spacial score (nSPS) is 17.2. The summed E-state index contributed by atoms with van der Waals surface area (Å²) >= 11 is 0. The molecule has 82 valence electrons. The van der Waals surface area contributed by atoms with Crippen LogP contribution in [-0.4, -0.2) is 25.0 Å². The van der Waals surface area contributed by atoms with Gasteiger partial charge in [-0.2, -0.15) is 0 Å². The highest BCUT2D eigenvalue weighted by Crippen LogP contribution is 2.17. The van der Waals surface area contributed by atoms with Crippen molar-refractivity contribution in [3.8, 4) is 0 Å². The molecule has 0 unspecified atom stereocenters. The molecule has 0 spiro atoms. The lowest BCUT2D eigenvalue weighted by Gasteiger charge is -2.11. The summed E-state index contributed by atoms with van der Waals surface area (Å²) in [4.78, 5) is 11.4. The van der Waals surface area contributed by atoms with Crippen LogP contribution in [0, 0.1) is 0 Å². The standard InChI is InChI=1S/C11H22N2O/c1-2-8-12-9-7-11(14)13-10-5-3-4-6-10/h10,12H,2-9H2,1H3,(H,13,14). The van der Waals surface area contributed by atoms with Gasteiger partial charge in [0, 0.05) is 19.0 Å². The van der Waals surface area contributed by atoms with Crippen LogP contribution in [0.15, 0.2) is 0 Å². The number of hydrogen-bond acceptors (Lipinski definition) is 2. The molecule has 0 bridgehead atoms. The van der Waals surface area contributed by atoms with Crippen LogP contribution < -0.4 is 10.6 Å². The van der Waals surface area contributed by atoms with E-state index in [4.69, 9.17) is 0 Å².